The van der Waals surface area contributed by atoms with Gasteiger partial charge in [-0.2, -0.15) is 0 Å². The van der Waals surface area contributed by atoms with Crippen LogP contribution in [0.3, 0.4) is 0 Å². The van der Waals surface area contributed by atoms with E-state index in [1.165, 1.54) is 0 Å². The average Bonchev–Trinajstić information content (AvgIpc) is 2.92. The van der Waals surface area contributed by atoms with Crippen molar-refractivity contribution in [1.29, 1.82) is 0 Å². The van der Waals surface area contributed by atoms with Crippen molar-refractivity contribution in [2.75, 3.05) is 18.1 Å². The van der Waals surface area contributed by atoms with Crippen LogP contribution in [0, 0.1) is 5.92 Å². The van der Waals surface area contributed by atoms with E-state index >= 15 is 0 Å². The molecule has 2 saturated heterocycles. The van der Waals surface area contributed by atoms with E-state index in [9.17, 15) is 18.0 Å². The molecule has 1 N–H and O–H groups in total. The zero-order valence-electron chi connectivity index (χ0n) is 12.9. The summed E-state index contributed by atoms with van der Waals surface area (Å²) in [6.07, 6.45) is 1.48. The summed E-state index contributed by atoms with van der Waals surface area (Å²) in [4.78, 5) is 25.9. The largest absolute Gasteiger partial charge is 0.351 e. The van der Waals surface area contributed by atoms with Gasteiger partial charge in [-0.3, -0.25) is 9.59 Å². The van der Waals surface area contributed by atoms with E-state index in [2.05, 4.69) is 5.32 Å². The topological polar surface area (TPSA) is 83.6 Å². The SMILES string of the molecule is CCC(C)(C)NC(=O)[C@H]1CC(=O)N([C@@H]2CCS(=O)(=O)C2)C1. The highest BCUT2D eigenvalue weighted by Gasteiger charge is 2.42. The van der Waals surface area contributed by atoms with Gasteiger partial charge < -0.3 is 10.2 Å². The second kappa shape index (κ2) is 5.59. The molecule has 0 bridgehead atoms. The maximum absolute atomic E-state index is 12.2. The minimum atomic E-state index is -3.02. The number of sulfone groups is 1. The van der Waals surface area contributed by atoms with E-state index in [4.69, 9.17) is 0 Å². The molecular weight excluding hydrogens is 292 g/mol. The van der Waals surface area contributed by atoms with Crippen LogP contribution in [0.2, 0.25) is 0 Å². The van der Waals surface area contributed by atoms with E-state index < -0.39 is 9.84 Å². The second-order valence-corrected chi connectivity index (χ2v) is 8.96. The molecule has 0 aliphatic carbocycles. The molecule has 2 amide bonds. The lowest BCUT2D eigenvalue weighted by atomic mass is 9.99. The Kier molecular flexibility index (Phi) is 4.33. The third-order valence-corrected chi connectivity index (χ3v) is 6.27. The van der Waals surface area contributed by atoms with Gasteiger partial charge >= 0.3 is 0 Å². The molecule has 0 radical (unpaired) electrons. The smallest absolute Gasteiger partial charge is 0.225 e. The van der Waals surface area contributed by atoms with Crippen molar-refractivity contribution >= 4 is 21.7 Å². The van der Waals surface area contributed by atoms with Crippen molar-refractivity contribution in [2.45, 2.75) is 51.6 Å². The quantitative estimate of drug-likeness (QED) is 0.810. The third kappa shape index (κ3) is 3.75. The van der Waals surface area contributed by atoms with Crippen LogP contribution in [0.1, 0.15) is 40.0 Å². The molecule has 0 spiro atoms. The molecule has 21 heavy (non-hydrogen) atoms. The maximum Gasteiger partial charge on any atom is 0.225 e. The molecule has 0 aromatic heterocycles. The molecule has 2 heterocycles. The first-order chi connectivity index (χ1) is 9.63. The van der Waals surface area contributed by atoms with Crippen molar-refractivity contribution in [2.24, 2.45) is 5.92 Å². The number of hydrogen-bond donors (Lipinski definition) is 1. The molecule has 2 aliphatic rings. The van der Waals surface area contributed by atoms with Gasteiger partial charge in [0.05, 0.1) is 17.4 Å². The number of amides is 2. The Hall–Kier alpha value is -1.11. The van der Waals surface area contributed by atoms with Gasteiger partial charge in [-0.1, -0.05) is 6.92 Å². The van der Waals surface area contributed by atoms with Crippen molar-refractivity contribution in [1.82, 2.24) is 10.2 Å². The summed E-state index contributed by atoms with van der Waals surface area (Å²) < 4.78 is 23.1. The van der Waals surface area contributed by atoms with Gasteiger partial charge in [0.1, 0.15) is 0 Å². The van der Waals surface area contributed by atoms with Gasteiger partial charge in [0.25, 0.3) is 0 Å². The van der Waals surface area contributed by atoms with Crippen LogP contribution < -0.4 is 5.32 Å². The van der Waals surface area contributed by atoms with Crippen LogP contribution in [-0.4, -0.2) is 54.8 Å². The fraction of sp³-hybridized carbons (Fsp3) is 0.857. The Balaban J connectivity index is 1.98. The lowest BCUT2D eigenvalue weighted by Crippen LogP contribution is -2.46. The molecule has 2 atom stereocenters. The van der Waals surface area contributed by atoms with Gasteiger partial charge in [-0.25, -0.2) is 8.42 Å². The highest BCUT2D eigenvalue weighted by Crippen LogP contribution is 2.26. The van der Waals surface area contributed by atoms with Crippen molar-refractivity contribution in [3.8, 4) is 0 Å². The van der Waals surface area contributed by atoms with Gasteiger partial charge in [-0.15, -0.1) is 0 Å². The molecule has 0 aromatic carbocycles. The van der Waals surface area contributed by atoms with E-state index in [0.29, 0.717) is 13.0 Å². The molecule has 0 unspecified atom stereocenters. The van der Waals surface area contributed by atoms with Crippen LogP contribution in [0.5, 0.6) is 0 Å². The van der Waals surface area contributed by atoms with E-state index in [0.717, 1.165) is 6.42 Å². The van der Waals surface area contributed by atoms with Crippen LogP contribution in [0.25, 0.3) is 0 Å². The maximum atomic E-state index is 12.2. The van der Waals surface area contributed by atoms with Crippen molar-refractivity contribution in [3.05, 3.63) is 0 Å². The minimum Gasteiger partial charge on any atom is -0.351 e. The average molecular weight is 316 g/mol. The molecule has 2 rings (SSSR count). The summed E-state index contributed by atoms with van der Waals surface area (Å²) in [5, 5.41) is 2.96. The summed E-state index contributed by atoms with van der Waals surface area (Å²) in [7, 11) is -3.02. The van der Waals surface area contributed by atoms with Gasteiger partial charge in [0, 0.05) is 24.5 Å². The van der Waals surface area contributed by atoms with Gasteiger partial charge in [-0.05, 0) is 26.7 Å². The summed E-state index contributed by atoms with van der Waals surface area (Å²) in [5.74, 6) is -0.411. The van der Waals surface area contributed by atoms with Crippen LogP contribution in [-0.2, 0) is 19.4 Å². The monoisotopic (exact) mass is 316 g/mol. The number of nitrogens with one attached hydrogen (secondary N) is 1. The Labute approximate surface area is 126 Å². The Morgan fingerprint density at radius 2 is 2.10 bits per heavy atom. The molecule has 0 saturated carbocycles. The highest BCUT2D eigenvalue weighted by atomic mass is 32.2. The summed E-state index contributed by atoms with van der Waals surface area (Å²) in [6, 6.07) is -0.250. The summed E-state index contributed by atoms with van der Waals surface area (Å²) in [5.41, 5.74) is -0.287. The molecule has 6 nitrogen and oxygen atoms in total. The fourth-order valence-corrected chi connectivity index (χ4v) is 4.54. The Bertz CT molecular complexity index is 541. The van der Waals surface area contributed by atoms with Gasteiger partial charge in [0.2, 0.25) is 11.8 Å². The first-order valence-electron chi connectivity index (χ1n) is 7.45. The zero-order chi connectivity index (χ0) is 15.8. The number of likely N-dealkylation sites (tertiary alicyclic amines) is 1. The Morgan fingerprint density at radius 3 is 2.62 bits per heavy atom. The summed E-state index contributed by atoms with van der Waals surface area (Å²) in [6.45, 7) is 6.23. The Morgan fingerprint density at radius 1 is 1.43 bits per heavy atom. The fourth-order valence-electron chi connectivity index (χ4n) is 2.81. The third-order valence-electron chi connectivity index (χ3n) is 4.52. The second-order valence-electron chi connectivity index (χ2n) is 6.73. The lowest BCUT2D eigenvalue weighted by Gasteiger charge is -2.27. The number of nitrogens with zero attached hydrogens (tertiary/aromatic N) is 1. The van der Waals surface area contributed by atoms with Crippen LogP contribution in [0.4, 0.5) is 0 Å². The van der Waals surface area contributed by atoms with E-state index in [1.807, 2.05) is 20.8 Å². The zero-order valence-corrected chi connectivity index (χ0v) is 13.7. The van der Waals surface area contributed by atoms with Crippen molar-refractivity contribution < 1.29 is 18.0 Å². The van der Waals surface area contributed by atoms with E-state index in [-0.39, 0.29) is 47.2 Å². The lowest BCUT2D eigenvalue weighted by molar-refractivity contribution is -0.130. The predicted molar refractivity (Wildman–Crippen MR) is 79.4 cm³/mol. The van der Waals surface area contributed by atoms with Crippen molar-refractivity contribution in [3.63, 3.8) is 0 Å². The number of carbonyl (C=O) groups excluding carboxylic acids is 2. The highest BCUT2D eigenvalue weighted by molar-refractivity contribution is 7.91. The molecule has 2 aliphatic heterocycles. The standard InChI is InChI=1S/C14H24N2O4S/c1-4-14(2,3)15-13(18)10-7-12(17)16(8-10)11-5-6-21(19,20)9-11/h10-11H,4-9H2,1-3H3,(H,15,18)/t10-,11+/m0/s1. The van der Waals surface area contributed by atoms with Crippen LogP contribution >= 0.6 is 0 Å². The molecule has 120 valence electrons. The van der Waals surface area contributed by atoms with Gasteiger partial charge in [0.15, 0.2) is 9.84 Å². The molecular formula is C14H24N2O4S. The predicted octanol–water partition coefficient (Wildman–Crippen LogP) is 0.327. The minimum absolute atomic E-state index is 0.0353. The van der Waals surface area contributed by atoms with Crippen LogP contribution in [0.15, 0.2) is 0 Å². The molecule has 0 aromatic rings. The number of rotatable bonds is 4. The first-order valence-corrected chi connectivity index (χ1v) is 9.27. The normalized spacial score (nSPS) is 28.9. The molecule has 2 fully saturated rings. The number of hydrogen-bond acceptors (Lipinski definition) is 4. The first kappa shape index (κ1) is 16.3. The van der Waals surface area contributed by atoms with E-state index in [1.54, 1.807) is 4.90 Å². The molecule has 7 heteroatoms. The number of carbonyl (C=O) groups is 2. The summed E-state index contributed by atoms with van der Waals surface area (Å²) >= 11 is 0.